The number of ether oxygens (including phenoxy) is 1. The number of rotatable bonds is 3. The number of aromatic nitrogens is 2. The van der Waals surface area contributed by atoms with Crippen molar-refractivity contribution in [3.63, 3.8) is 0 Å². The molecule has 3 heteroatoms. The van der Waals surface area contributed by atoms with Crippen LogP contribution in [0, 0.1) is 5.92 Å². The van der Waals surface area contributed by atoms with Crippen molar-refractivity contribution < 1.29 is 4.74 Å². The number of H-pyrrole nitrogens is 1. The summed E-state index contributed by atoms with van der Waals surface area (Å²) in [7, 11) is 0. The lowest BCUT2D eigenvalue weighted by atomic mass is 9.88. The molecule has 1 aliphatic carbocycles. The van der Waals surface area contributed by atoms with Crippen LogP contribution in [0.1, 0.15) is 49.8 Å². The van der Waals surface area contributed by atoms with Gasteiger partial charge in [-0.3, -0.25) is 0 Å². The third-order valence-electron chi connectivity index (χ3n) is 4.22. The molecule has 1 aromatic heterocycles. The van der Waals surface area contributed by atoms with E-state index in [2.05, 4.69) is 11.9 Å². The van der Waals surface area contributed by atoms with Gasteiger partial charge < -0.3 is 9.72 Å². The SMILES string of the molecule is CCC1CCc2nc(CC3CCCO3)[nH]c2C1. The van der Waals surface area contributed by atoms with E-state index in [1.165, 1.54) is 43.5 Å². The lowest BCUT2D eigenvalue weighted by molar-refractivity contribution is 0.110. The molecule has 1 N–H and O–H groups in total. The summed E-state index contributed by atoms with van der Waals surface area (Å²) in [5.41, 5.74) is 2.72. The molecule has 1 saturated heterocycles. The Morgan fingerprint density at radius 3 is 3.12 bits per heavy atom. The Kier molecular flexibility index (Phi) is 3.19. The van der Waals surface area contributed by atoms with E-state index < -0.39 is 0 Å². The van der Waals surface area contributed by atoms with Crippen LogP contribution in [-0.4, -0.2) is 22.7 Å². The fourth-order valence-corrected chi connectivity index (χ4v) is 3.08. The maximum atomic E-state index is 5.67. The average molecular weight is 234 g/mol. The number of aryl methyl sites for hydroxylation is 1. The Labute approximate surface area is 103 Å². The fourth-order valence-electron chi connectivity index (χ4n) is 3.08. The van der Waals surface area contributed by atoms with Crippen molar-refractivity contribution in [1.82, 2.24) is 9.97 Å². The van der Waals surface area contributed by atoms with Crippen LogP contribution in [0.25, 0.3) is 0 Å². The molecule has 3 rings (SSSR count). The van der Waals surface area contributed by atoms with Gasteiger partial charge in [0.2, 0.25) is 0 Å². The van der Waals surface area contributed by atoms with E-state index in [9.17, 15) is 0 Å². The minimum absolute atomic E-state index is 0.407. The van der Waals surface area contributed by atoms with E-state index in [-0.39, 0.29) is 0 Å². The first kappa shape index (κ1) is 11.3. The highest BCUT2D eigenvalue weighted by Gasteiger charge is 2.23. The number of imidazole rings is 1. The summed E-state index contributed by atoms with van der Waals surface area (Å²) in [6, 6.07) is 0. The molecular formula is C14H22N2O. The Morgan fingerprint density at radius 1 is 1.41 bits per heavy atom. The molecule has 0 radical (unpaired) electrons. The van der Waals surface area contributed by atoms with Crippen LogP contribution in [0.3, 0.4) is 0 Å². The third kappa shape index (κ3) is 2.39. The average Bonchev–Trinajstić information content (AvgIpc) is 2.96. The van der Waals surface area contributed by atoms with Gasteiger partial charge in [-0.05, 0) is 38.0 Å². The van der Waals surface area contributed by atoms with Gasteiger partial charge in [0, 0.05) is 18.7 Å². The van der Waals surface area contributed by atoms with E-state index in [0.29, 0.717) is 6.10 Å². The molecule has 1 aromatic rings. The van der Waals surface area contributed by atoms with Crippen LogP contribution in [0.4, 0.5) is 0 Å². The van der Waals surface area contributed by atoms with Crippen molar-refractivity contribution >= 4 is 0 Å². The lowest BCUT2D eigenvalue weighted by Crippen LogP contribution is -2.13. The van der Waals surface area contributed by atoms with Gasteiger partial charge in [-0.2, -0.15) is 0 Å². The molecule has 2 atom stereocenters. The van der Waals surface area contributed by atoms with Gasteiger partial charge in [0.1, 0.15) is 5.82 Å². The Hall–Kier alpha value is -0.830. The first-order valence-corrected chi connectivity index (χ1v) is 7.03. The van der Waals surface area contributed by atoms with E-state index in [1.807, 2.05) is 0 Å². The smallest absolute Gasteiger partial charge is 0.109 e. The van der Waals surface area contributed by atoms with Crippen LogP contribution >= 0.6 is 0 Å². The summed E-state index contributed by atoms with van der Waals surface area (Å²) in [5.74, 6) is 2.01. The maximum absolute atomic E-state index is 5.67. The molecule has 3 nitrogen and oxygen atoms in total. The largest absolute Gasteiger partial charge is 0.378 e. The van der Waals surface area contributed by atoms with Gasteiger partial charge in [0.15, 0.2) is 0 Å². The molecule has 2 heterocycles. The zero-order valence-electron chi connectivity index (χ0n) is 10.7. The topological polar surface area (TPSA) is 37.9 Å². The van der Waals surface area contributed by atoms with Crippen molar-refractivity contribution in [3.8, 4) is 0 Å². The normalized spacial score (nSPS) is 28.3. The number of aromatic amines is 1. The van der Waals surface area contributed by atoms with Crippen LogP contribution in [0.5, 0.6) is 0 Å². The maximum Gasteiger partial charge on any atom is 0.109 e. The van der Waals surface area contributed by atoms with Gasteiger partial charge in [-0.25, -0.2) is 4.98 Å². The van der Waals surface area contributed by atoms with Crippen LogP contribution in [-0.2, 0) is 24.0 Å². The van der Waals surface area contributed by atoms with Crippen molar-refractivity contribution in [2.45, 2.75) is 58.0 Å². The Balaban J connectivity index is 1.69. The van der Waals surface area contributed by atoms with Gasteiger partial charge >= 0.3 is 0 Å². The molecule has 0 bridgehead atoms. The number of hydrogen-bond donors (Lipinski definition) is 1. The van der Waals surface area contributed by atoms with E-state index in [0.717, 1.165) is 31.2 Å². The first-order valence-electron chi connectivity index (χ1n) is 7.03. The van der Waals surface area contributed by atoms with Gasteiger partial charge in [0.25, 0.3) is 0 Å². The second-order valence-corrected chi connectivity index (χ2v) is 5.46. The highest BCUT2D eigenvalue weighted by atomic mass is 16.5. The van der Waals surface area contributed by atoms with Gasteiger partial charge in [0.05, 0.1) is 11.8 Å². The molecule has 2 unspecified atom stereocenters. The summed E-state index contributed by atoms with van der Waals surface area (Å²) in [4.78, 5) is 8.28. The number of hydrogen-bond acceptors (Lipinski definition) is 2. The number of nitrogens with one attached hydrogen (secondary N) is 1. The number of fused-ring (bicyclic) bond motifs is 1. The van der Waals surface area contributed by atoms with E-state index in [1.54, 1.807) is 0 Å². The molecule has 1 fully saturated rings. The predicted molar refractivity (Wildman–Crippen MR) is 67.1 cm³/mol. The van der Waals surface area contributed by atoms with Crippen LogP contribution in [0.2, 0.25) is 0 Å². The van der Waals surface area contributed by atoms with Gasteiger partial charge in [-0.15, -0.1) is 0 Å². The fraction of sp³-hybridized carbons (Fsp3) is 0.786. The second-order valence-electron chi connectivity index (χ2n) is 5.46. The molecule has 0 spiro atoms. The van der Waals surface area contributed by atoms with E-state index >= 15 is 0 Å². The minimum Gasteiger partial charge on any atom is -0.378 e. The number of nitrogens with zero attached hydrogens (tertiary/aromatic N) is 1. The molecule has 17 heavy (non-hydrogen) atoms. The zero-order chi connectivity index (χ0) is 11.7. The summed E-state index contributed by atoms with van der Waals surface area (Å²) < 4.78 is 5.67. The standard InChI is InChI=1S/C14H22N2O/c1-2-10-5-6-12-13(8-10)16-14(15-12)9-11-4-3-7-17-11/h10-11H,2-9H2,1H3,(H,15,16). The summed E-state index contributed by atoms with van der Waals surface area (Å²) in [5, 5.41) is 0. The van der Waals surface area contributed by atoms with Crippen molar-refractivity contribution in [1.29, 1.82) is 0 Å². The minimum atomic E-state index is 0.407. The molecular weight excluding hydrogens is 212 g/mol. The molecule has 0 aromatic carbocycles. The monoisotopic (exact) mass is 234 g/mol. The van der Waals surface area contributed by atoms with Crippen LogP contribution in [0.15, 0.2) is 0 Å². The first-order chi connectivity index (χ1) is 8.35. The molecule has 1 aliphatic heterocycles. The second kappa shape index (κ2) is 4.81. The summed E-state index contributed by atoms with van der Waals surface area (Å²) in [6.45, 7) is 3.22. The highest BCUT2D eigenvalue weighted by molar-refractivity contribution is 5.19. The van der Waals surface area contributed by atoms with Gasteiger partial charge in [-0.1, -0.05) is 13.3 Å². The highest BCUT2D eigenvalue weighted by Crippen LogP contribution is 2.26. The van der Waals surface area contributed by atoms with E-state index in [4.69, 9.17) is 9.72 Å². The molecule has 0 saturated carbocycles. The van der Waals surface area contributed by atoms with Crippen molar-refractivity contribution in [2.75, 3.05) is 6.61 Å². The third-order valence-corrected chi connectivity index (χ3v) is 4.22. The molecule has 2 aliphatic rings. The van der Waals surface area contributed by atoms with Crippen LogP contribution < -0.4 is 0 Å². The summed E-state index contributed by atoms with van der Waals surface area (Å²) in [6.07, 6.45) is 8.76. The zero-order valence-corrected chi connectivity index (χ0v) is 10.7. The quantitative estimate of drug-likeness (QED) is 0.873. The predicted octanol–water partition coefficient (Wildman–Crippen LogP) is 2.65. The molecule has 0 amide bonds. The Bertz CT molecular complexity index is 380. The lowest BCUT2D eigenvalue weighted by Gasteiger charge is -2.19. The summed E-state index contributed by atoms with van der Waals surface area (Å²) >= 11 is 0. The van der Waals surface area contributed by atoms with Crippen molar-refractivity contribution in [3.05, 3.63) is 17.2 Å². The molecule has 94 valence electrons. The Morgan fingerprint density at radius 2 is 2.35 bits per heavy atom. The van der Waals surface area contributed by atoms with Crippen molar-refractivity contribution in [2.24, 2.45) is 5.92 Å².